The number of imidazole rings is 1. The number of hydrogen-bond donors (Lipinski definition) is 1. The van der Waals surface area contributed by atoms with E-state index in [0.717, 1.165) is 11.4 Å². The number of rotatable bonds is 5. The largest absolute Gasteiger partial charge is 0.481 e. The van der Waals surface area contributed by atoms with E-state index in [0.29, 0.717) is 13.0 Å². The van der Waals surface area contributed by atoms with Crippen LogP contribution >= 0.6 is 12.4 Å². The van der Waals surface area contributed by atoms with Crippen molar-refractivity contribution in [2.24, 2.45) is 0 Å². The molecule has 4 nitrogen and oxygen atoms in total. The molecule has 0 atom stereocenters. The number of carbonyl (C=O) groups is 1. The van der Waals surface area contributed by atoms with Gasteiger partial charge in [0.1, 0.15) is 5.82 Å². The smallest absolute Gasteiger partial charge is 0.303 e. The molecule has 0 aliphatic heterocycles. The Hall–Kier alpha value is -1.81. The maximum atomic E-state index is 10.5. The highest BCUT2D eigenvalue weighted by Gasteiger charge is 2.05. The van der Waals surface area contributed by atoms with E-state index >= 15 is 0 Å². The standard InChI is InChI=1S/C13H14N2O2.ClH/c16-12(17)7-4-9-15-10-8-14-13(15)11-5-2-1-3-6-11;/h1-3,5-6,8,10H,4,7,9H2,(H,16,17);1H. The van der Waals surface area contributed by atoms with Gasteiger partial charge in [0, 0.05) is 30.9 Å². The Morgan fingerprint density at radius 3 is 2.67 bits per heavy atom. The monoisotopic (exact) mass is 266 g/mol. The molecule has 18 heavy (non-hydrogen) atoms. The number of aryl methyl sites for hydroxylation is 1. The summed E-state index contributed by atoms with van der Waals surface area (Å²) in [5, 5.41) is 8.60. The van der Waals surface area contributed by atoms with Crippen LogP contribution in [0.25, 0.3) is 11.4 Å². The van der Waals surface area contributed by atoms with Crippen LogP contribution in [0.1, 0.15) is 12.8 Å². The van der Waals surface area contributed by atoms with Gasteiger partial charge in [-0.1, -0.05) is 30.3 Å². The predicted molar refractivity (Wildman–Crippen MR) is 71.8 cm³/mol. The second-order valence-electron chi connectivity index (χ2n) is 3.81. The van der Waals surface area contributed by atoms with Crippen molar-refractivity contribution in [3.8, 4) is 11.4 Å². The van der Waals surface area contributed by atoms with Crippen LogP contribution in [0.15, 0.2) is 42.7 Å². The van der Waals surface area contributed by atoms with E-state index in [1.54, 1.807) is 6.20 Å². The van der Waals surface area contributed by atoms with Crippen molar-refractivity contribution in [3.05, 3.63) is 42.7 Å². The molecule has 0 saturated carbocycles. The van der Waals surface area contributed by atoms with Crippen molar-refractivity contribution in [2.75, 3.05) is 0 Å². The highest BCUT2D eigenvalue weighted by Crippen LogP contribution is 2.17. The summed E-state index contributed by atoms with van der Waals surface area (Å²) < 4.78 is 1.98. The lowest BCUT2D eigenvalue weighted by Crippen LogP contribution is -2.02. The maximum absolute atomic E-state index is 10.5. The van der Waals surface area contributed by atoms with Gasteiger partial charge in [0.15, 0.2) is 0 Å². The van der Waals surface area contributed by atoms with Gasteiger partial charge < -0.3 is 9.67 Å². The van der Waals surface area contributed by atoms with Gasteiger partial charge >= 0.3 is 5.97 Å². The van der Waals surface area contributed by atoms with Crippen LogP contribution in [0, 0.1) is 0 Å². The summed E-state index contributed by atoms with van der Waals surface area (Å²) in [7, 11) is 0. The third kappa shape index (κ3) is 3.60. The number of halogens is 1. The normalized spacial score (nSPS) is 9.78. The summed E-state index contributed by atoms with van der Waals surface area (Å²) in [6, 6.07) is 9.88. The third-order valence-corrected chi connectivity index (χ3v) is 2.54. The Morgan fingerprint density at radius 2 is 2.00 bits per heavy atom. The summed E-state index contributed by atoms with van der Waals surface area (Å²) in [4.78, 5) is 14.8. The molecule has 96 valence electrons. The van der Waals surface area contributed by atoms with E-state index in [2.05, 4.69) is 4.98 Å². The fourth-order valence-electron chi connectivity index (χ4n) is 1.74. The minimum absolute atomic E-state index is 0. The Morgan fingerprint density at radius 1 is 1.28 bits per heavy atom. The summed E-state index contributed by atoms with van der Waals surface area (Å²) in [5.74, 6) is 0.127. The molecule has 1 aromatic heterocycles. The van der Waals surface area contributed by atoms with Crippen molar-refractivity contribution in [1.82, 2.24) is 9.55 Å². The van der Waals surface area contributed by atoms with Gasteiger partial charge in [-0.25, -0.2) is 4.98 Å². The molecule has 1 N–H and O–H groups in total. The zero-order valence-electron chi connectivity index (χ0n) is 9.82. The fraction of sp³-hybridized carbons (Fsp3) is 0.231. The van der Waals surface area contributed by atoms with Gasteiger partial charge in [-0.05, 0) is 6.42 Å². The van der Waals surface area contributed by atoms with E-state index in [1.807, 2.05) is 41.1 Å². The molecule has 1 heterocycles. The van der Waals surface area contributed by atoms with E-state index in [4.69, 9.17) is 5.11 Å². The van der Waals surface area contributed by atoms with Gasteiger partial charge in [0.25, 0.3) is 0 Å². The summed E-state index contributed by atoms with van der Waals surface area (Å²) >= 11 is 0. The van der Waals surface area contributed by atoms with Crippen LogP contribution in [0.4, 0.5) is 0 Å². The lowest BCUT2D eigenvalue weighted by atomic mass is 10.2. The molecule has 0 saturated heterocycles. The van der Waals surface area contributed by atoms with Gasteiger partial charge in [-0.3, -0.25) is 4.79 Å². The summed E-state index contributed by atoms with van der Waals surface area (Å²) in [5.41, 5.74) is 1.05. The second kappa shape index (κ2) is 6.81. The number of carboxylic acid groups (broad SMARTS) is 1. The van der Waals surface area contributed by atoms with Crippen molar-refractivity contribution in [1.29, 1.82) is 0 Å². The van der Waals surface area contributed by atoms with E-state index in [9.17, 15) is 4.79 Å². The molecule has 0 aliphatic carbocycles. The molecule has 5 heteroatoms. The zero-order chi connectivity index (χ0) is 12.1. The van der Waals surface area contributed by atoms with E-state index in [1.165, 1.54) is 0 Å². The Labute approximate surface area is 112 Å². The fourth-order valence-corrected chi connectivity index (χ4v) is 1.74. The van der Waals surface area contributed by atoms with Gasteiger partial charge in [0.05, 0.1) is 0 Å². The van der Waals surface area contributed by atoms with Crippen LogP contribution in [-0.4, -0.2) is 20.6 Å². The van der Waals surface area contributed by atoms with Crippen molar-refractivity contribution >= 4 is 18.4 Å². The van der Waals surface area contributed by atoms with Crippen LogP contribution < -0.4 is 0 Å². The molecule has 0 fully saturated rings. The highest BCUT2D eigenvalue weighted by molar-refractivity contribution is 5.85. The minimum Gasteiger partial charge on any atom is -0.481 e. The van der Waals surface area contributed by atoms with Crippen LogP contribution in [0.3, 0.4) is 0 Å². The molecule has 0 amide bonds. The average molecular weight is 267 g/mol. The number of benzene rings is 1. The number of carboxylic acids is 1. The lowest BCUT2D eigenvalue weighted by Gasteiger charge is -2.06. The first-order valence-corrected chi connectivity index (χ1v) is 5.56. The Kier molecular flexibility index (Phi) is 5.39. The van der Waals surface area contributed by atoms with Gasteiger partial charge in [0.2, 0.25) is 0 Å². The summed E-state index contributed by atoms with van der Waals surface area (Å²) in [6.45, 7) is 0.677. The molecule has 0 unspecified atom stereocenters. The lowest BCUT2D eigenvalue weighted by molar-refractivity contribution is -0.137. The maximum Gasteiger partial charge on any atom is 0.303 e. The molecule has 0 aliphatic rings. The first kappa shape index (κ1) is 14.3. The Balaban J connectivity index is 0.00000162. The van der Waals surface area contributed by atoms with Gasteiger partial charge in [-0.2, -0.15) is 0 Å². The van der Waals surface area contributed by atoms with Crippen LogP contribution in [-0.2, 0) is 11.3 Å². The third-order valence-electron chi connectivity index (χ3n) is 2.54. The number of hydrogen-bond acceptors (Lipinski definition) is 2. The predicted octanol–water partition coefficient (Wildman–Crippen LogP) is 2.84. The first-order chi connectivity index (χ1) is 8.27. The molecule has 2 rings (SSSR count). The molecule has 2 aromatic rings. The van der Waals surface area contributed by atoms with Crippen LogP contribution in [0.2, 0.25) is 0 Å². The Bertz CT molecular complexity index is 497. The molecule has 0 spiro atoms. The SMILES string of the molecule is Cl.O=C(O)CCCn1ccnc1-c1ccccc1. The molecular weight excluding hydrogens is 252 g/mol. The van der Waals surface area contributed by atoms with Crippen molar-refractivity contribution in [2.45, 2.75) is 19.4 Å². The molecule has 0 radical (unpaired) electrons. The first-order valence-electron chi connectivity index (χ1n) is 5.56. The topological polar surface area (TPSA) is 55.1 Å². The molecule has 0 bridgehead atoms. The highest BCUT2D eigenvalue weighted by atomic mass is 35.5. The number of nitrogens with zero attached hydrogens (tertiary/aromatic N) is 2. The molecule has 1 aromatic carbocycles. The zero-order valence-corrected chi connectivity index (χ0v) is 10.6. The quantitative estimate of drug-likeness (QED) is 0.905. The van der Waals surface area contributed by atoms with E-state index < -0.39 is 5.97 Å². The summed E-state index contributed by atoms with van der Waals surface area (Å²) in [6.07, 6.45) is 4.42. The van der Waals surface area contributed by atoms with Crippen LogP contribution in [0.5, 0.6) is 0 Å². The molecular formula is C13H15ClN2O2. The van der Waals surface area contributed by atoms with Crippen molar-refractivity contribution < 1.29 is 9.90 Å². The second-order valence-corrected chi connectivity index (χ2v) is 3.81. The average Bonchev–Trinajstić information content (AvgIpc) is 2.78. The number of aliphatic carboxylic acids is 1. The minimum atomic E-state index is -0.758. The van der Waals surface area contributed by atoms with Gasteiger partial charge in [-0.15, -0.1) is 12.4 Å². The van der Waals surface area contributed by atoms with Crippen molar-refractivity contribution in [3.63, 3.8) is 0 Å². The van der Waals surface area contributed by atoms with E-state index in [-0.39, 0.29) is 18.8 Å². The number of aromatic nitrogens is 2.